The lowest BCUT2D eigenvalue weighted by atomic mass is 9.78. The Labute approximate surface area is 157 Å². The van der Waals surface area contributed by atoms with E-state index in [2.05, 4.69) is 16.7 Å². The Morgan fingerprint density at radius 2 is 1.88 bits per heavy atom. The third-order valence-electron chi connectivity index (χ3n) is 4.93. The molecule has 0 bridgehead atoms. The Bertz CT molecular complexity index is 752. The minimum absolute atomic E-state index is 0.149. The summed E-state index contributed by atoms with van der Waals surface area (Å²) in [6, 6.07) is 11.6. The molecule has 1 fully saturated rings. The van der Waals surface area contributed by atoms with E-state index in [1.165, 1.54) is 4.88 Å². The van der Waals surface area contributed by atoms with E-state index < -0.39 is 11.8 Å². The molecule has 0 radical (unpaired) electrons. The summed E-state index contributed by atoms with van der Waals surface area (Å²) in [7, 11) is 0. The van der Waals surface area contributed by atoms with Gasteiger partial charge in [0.25, 0.3) is 0 Å². The summed E-state index contributed by atoms with van der Waals surface area (Å²) in [6.45, 7) is 3.80. The normalized spacial score (nSPS) is 16.0. The lowest BCUT2D eigenvalue weighted by molar-refractivity contribution is -0.136. The Kier molecular flexibility index (Phi) is 6.06. The molecule has 5 nitrogen and oxygen atoms in total. The number of ether oxygens (including phenoxy) is 1. The van der Waals surface area contributed by atoms with Crippen molar-refractivity contribution in [2.24, 2.45) is 0 Å². The van der Waals surface area contributed by atoms with Gasteiger partial charge < -0.3 is 15.4 Å². The maximum Gasteiger partial charge on any atom is 0.313 e. The Balaban J connectivity index is 1.64. The zero-order chi connectivity index (χ0) is 18.4. The van der Waals surface area contributed by atoms with Gasteiger partial charge in [-0.05, 0) is 42.3 Å². The zero-order valence-electron chi connectivity index (χ0n) is 14.9. The standard InChI is InChI=1S/C20H24N2O3S/c1-2-15-6-3-4-7-16(15)22-19(24)18(23)21-14-20(9-11-25-12-10-20)17-8-5-13-26-17/h3-8,13H,2,9-12,14H2,1H3,(H,21,23)(H,22,24). The van der Waals surface area contributed by atoms with Crippen molar-refractivity contribution in [1.82, 2.24) is 5.32 Å². The molecule has 1 saturated heterocycles. The van der Waals surface area contributed by atoms with E-state index in [0.717, 1.165) is 24.8 Å². The molecular weight excluding hydrogens is 348 g/mol. The van der Waals surface area contributed by atoms with Gasteiger partial charge in [0.15, 0.2) is 0 Å². The van der Waals surface area contributed by atoms with Crippen LogP contribution in [0.1, 0.15) is 30.2 Å². The van der Waals surface area contributed by atoms with Gasteiger partial charge in [0.2, 0.25) is 0 Å². The van der Waals surface area contributed by atoms with E-state index in [-0.39, 0.29) is 5.41 Å². The van der Waals surface area contributed by atoms with E-state index in [1.807, 2.05) is 42.6 Å². The molecule has 1 aliphatic heterocycles. The fourth-order valence-corrected chi connectivity index (χ4v) is 4.30. The molecule has 1 aromatic heterocycles. The molecule has 1 aliphatic rings. The van der Waals surface area contributed by atoms with Gasteiger partial charge in [-0.15, -0.1) is 11.3 Å². The fourth-order valence-electron chi connectivity index (χ4n) is 3.31. The molecule has 26 heavy (non-hydrogen) atoms. The highest BCUT2D eigenvalue weighted by Crippen LogP contribution is 2.36. The van der Waals surface area contributed by atoms with Crippen molar-refractivity contribution in [2.45, 2.75) is 31.6 Å². The van der Waals surface area contributed by atoms with Gasteiger partial charge in [0.1, 0.15) is 0 Å². The first-order valence-electron chi connectivity index (χ1n) is 8.93. The number of para-hydroxylation sites is 1. The second kappa shape index (κ2) is 8.47. The largest absolute Gasteiger partial charge is 0.381 e. The fraction of sp³-hybridized carbons (Fsp3) is 0.400. The van der Waals surface area contributed by atoms with E-state index in [1.54, 1.807) is 11.3 Å². The number of rotatable bonds is 5. The van der Waals surface area contributed by atoms with Crippen LogP contribution in [0.4, 0.5) is 5.69 Å². The lowest BCUT2D eigenvalue weighted by Gasteiger charge is -2.36. The van der Waals surface area contributed by atoms with Crippen LogP contribution in [0.2, 0.25) is 0 Å². The molecule has 6 heteroatoms. The highest BCUT2D eigenvalue weighted by Gasteiger charge is 2.36. The Morgan fingerprint density at radius 1 is 1.12 bits per heavy atom. The first kappa shape index (κ1) is 18.6. The van der Waals surface area contributed by atoms with Crippen molar-refractivity contribution in [2.75, 3.05) is 25.1 Å². The number of hydrogen-bond donors (Lipinski definition) is 2. The number of anilines is 1. The van der Waals surface area contributed by atoms with Crippen molar-refractivity contribution in [3.63, 3.8) is 0 Å². The maximum atomic E-state index is 12.4. The predicted octanol–water partition coefficient (Wildman–Crippen LogP) is 3.11. The van der Waals surface area contributed by atoms with Crippen LogP contribution in [-0.4, -0.2) is 31.6 Å². The maximum absolute atomic E-state index is 12.4. The van der Waals surface area contributed by atoms with Crippen molar-refractivity contribution in [3.8, 4) is 0 Å². The molecule has 2 aromatic rings. The molecule has 1 aromatic carbocycles. The monoisotopic (exact) mass is 372 g/mol. The molecule has 0 saturated carbocycles. The Hall–Kier alpha value is -2.18. The summed E-state index contributed by atoms with van der Waals surface area (Å²) in [6.07, 6.45) is 2.47. The third-order valence-corrected chi connectivity index (χ3v) is 6.05. The molecule has 138 valence electrons. The molecule has 2 heterocycles. The SMILES string of the molecule is CCc1ccccc1NC(=O)C(=O)NCC1(c2cccs2)CCOCC1. The summed E-state index contributed by atoms with van der Waals surface area (Å²) in [5.41, 5.74) is 1.55. The van der Waals surface area contributed by atoms with Gasteiger partial charge in [-0.25, -0.2) is 0 Å². The van der Waals surface area contributed by atoms with Crippen LogP contribution in [0.3, 0.4) is 0 Å². The molecule has 0 aliphatic carbocycles. The van der Waals surface area contributed by atoms with Crippen LogP contribution in [0.5, 0.6) is 0 Å². The van der Waals surface area contributed by atoms with Crippen molar-refractivity contribution in [3.05, 3.63) is 52.2 Å². The average Bonchev–Trinajstić information content (AvgIpc) is 3.23. The number of thiophene rings is 1. The molecule has 2 N–H and O–H groups in total. The first-order valence-corrected chi connectivity index (χ1v) is 9.81. The smallest absolute Gasteiger partial charge is 0.313 e. The molecule has 0 unspecified atom stereocenters. The predicted molar refractivity (Wildman–Crippen MR) is 104 cm³/mol. The average molecular weight is 372 g/mol. The minimum atomic E-state index is -0.626. The summed E-state index contributed by atoms with van der Waals surface area (Å²) in [5.74, 6) is -1.22. The number of carbonyl (C=O) groups is 2. The van der Waals surface area contributed by atoms with Gasteiger partial charge in [0, 0.05) is 35.7 Å². The van der Waals surface area contributed by atoms with E-state index in [9.17, 15) is 9.59 Å². The van der Waals surface area contributed by atoms with Gasteiger partial charge in [-0.1, -0.05) is 31.2 Å². The summed E-state index contributed by atoms with van der Waals surface area (Å²) in [5, 5.41) is 7.61. The number of benzene rings is 1. The van der Waals surface area contributed by atoms with Gasteiger partial charge >= 0.3 is 11.8 Å². The molecule has 2 amide bonds. The van der Waals surface area contributed by atoms with Crippen LogP contribution >= 0.6 is 11.3 Å². The number of hydrogen-bond acceptors (Lipinski definition) is 4. The van der Waals surface area contributed by atoms with Crippen LogP contribution in [0.15, 0.2) is 41.8 Å². The summed E-state index contributed by atoms with van der Waals surface area (Å²) < 4.78 is 5.49. The van der Waals surface area contributed by atoms with E-state index >= 15 is 0 Å². The van der Waals surface area contributed by atoms with Crippen molar-refractivity contribution >= 4 is 28.8 Å². The second-order valence-corrected chi connectivity index (χ2v) is 7.47. The number of nitrogens with one attached hydrogen (secondary N) is 2. The summed E-state index contributed by atoms with van der Waals surface area (Å²) >= 11 is 1.69. The number of amides is 2. The molecule has 3 rings (SSSR count). The minimum Gasteiger partial charge on any atom is -0.381 e. The number of aryl methyl sites for hydroxylation is 1. The lowest BCUT2D eigenvalue weighted by Crippen LogP contribution is -2.46. The van der Waals surface area contributed by atoms with Crippen LogP contribution in [-0.2, 0) is 26.2 Å². The van der Waals surface area contributed by atoms with Crippen LogP contribution in [0, 0.1) is 0 Å². The first-order chi connectivity index (χ1) is 12.6. The van der Waals surface area contributed by atoms with Crippen LogP contribution in [0.25, 0.3) is 0 Å². The van der Waals surface area contributed by atoms with Gasteiger partial charge in [-0.2, -0.15) is 0 Å². The van der Waals surface area contributed by atoms with Gasteiger partial charge in [-0.3, -0.25) is 9.59 Å². The number of carbonyl (C=O) groups excluding carboxylic acids is 2. The topological polar surface area (TPSA) is 67.4 Å². The molecular formula is C20H24N2O3S. The quantitative estimate of drug-likeness (QED) is 0.793. The van der Waals surface area contributed by atoms with E-state index in [4.69, 9.17) is 4.74 Å². The second-order valence-electron chi connectivity index (χ2n) is 6.52. The van der Waals surface area contributed by atoms with Crippen molar-refractivity contribution in [1.29, 1.82) is 0 Å². The molecule has 0 spiro atoms. The highest BCUT2D eigenvalue weighted by molar-refractivity contribution is 7.10. The summed E-state index contributed by atoms with van der Waals surface area (Å²) in [4.78, 5) is 25.9. The zero-order valence-corrected chi connectivity index (χ0v) is 15.7. The van der Waals surface area contributed by atoms with E-state index in [0.29, 0.717) is 25.4 Å². The van der Waals surface area contributed by atoms with Crippen LogP contribution < -0.4 is 10.6 Å². The van der Waals surface area contributed by atoms with Gasteiger partial charge in [0.05, 0.1) is 0 Å². The third kappa shape index (κ3) is 4.14. The van der Waals surface area contributed by atoms with Crippen molar-refractivity contribution < 1.29 is 14.3 Å². The molecule has 0 atom stereocenters. The highest BCUT2D eigenvalue weighted by atomic mass is 32.1. The Morgan fingerprint density at radius 3 is 2.58 bits per heavy atom.